The Bertz CT molecular complexity index is 722. The van der Waals surface area contributed by atoms with Crippen LogP contribution >= 0.6 is 11.8 Å². The van der Waals surface area contributed by atoms with Crippen LogP contribution < -0.4 is 4.74 Å². The molecule has 0 saturated carbocycles. The molecule has 7 nitrogen and oxygen atoms in total. The van der Waals surface area contributed by atoms with Gasteiger partial charge < -0.3 is 14.4 Å². The monoisotopic (exact) mass is 421 g/mol. The summed E-state index contributed by atoms with van der Waals surface area (Å²) >= 11 is 1.57. The van der Waals surface area contributed by atoms with Gasteiger partial charge in [-0.2, -0.15) is 0 Å². The minimum absolute atomic E-state index is 0.105. The lowest BCUT2D eigenvalue weighted by Gasteiger charge is -2.37. The summed E-state index contributed by atoms with van der Waals surface area (Å²) in [6.45, 7) is 8.09. The quantitative estimate of drug-likeness (QED) is 0.641. The Kier molecular flexibility index (Phi) is 7.80. The van der Waals surface area contributed by atoms with Gasteiger partial charge in [0.2, 0.25) is 5.91 Å². The first-order valence-corrected chi connectivity index (χ1v) is 11.1. The molecule has 8 heteroatoms. The normalized spacial score (nSPS) is 21.1. The van der Waals surface area contributed by atoms with E-state index < -0.39 is 0 Å². The molecule has 0 aromatic heterocycles. The molecule has 0 aliphatic carbocycles. The van der Waals surface area contributed by atoms with Gasteiger partial charge in [-0.15, -0.1) is 11.8 Å². The average Bonchev–Trinajstić information content (AvgIpc) is 2.75. The number of esters is 1. The van der Waals surface area contributed by atoms with Crippen molar-refractivity contribution >= 4 is 23.6 Å². The maximum absolute atomic E-state index is 12.7. The largest absolute Gasteiger partial charge is 0.496 e. The second kappa shape index (κ2) is 10.3. The third kappa shape index (κ3) is 5.87. The number of hydrogen-bond acceptors (Lipinski definition) is 7. The minimum Gasteiger partial charge on any atom is -0.496 e. The van der Waals surface area contributed by atoms with Crippen LogP contribution in [0.4, 0.5) is 0 Å². The van der Waals surface area contributed by atoms with Gasteiger partial charge in [-0.1, -0.05) is 17.7 Å². The van der Waals surface area contributed by atoms with Gasteiger partial charge in [-0.25, -0.2) is 0 Å². The number of thioether (sulfide) groups is 1. The standard InChI is InChI=1S/C21H31N3O4S/c1-16-4-5-18(27-2)17(12-16)13-22-6-8-23(9-7-22)15-20(25)24-10-11-29-19(14-24)21(26)28-3/h4-5,12,19H,6-11,13-15H2,1-3H3/t19-/m1/s1. The first kappa shape index (κ1) is 21.9. The number of aryl methyl sites for hydroxylation is 1. The van der Waals surface area contributed by atoms with Crippen LogP contribution in [0.3, 0.4) is 0 Å². The molecule has 2 saturated heterocycles. The Morgan fingerprint density at radius 2 is 1.83 bits per heavy atom. The SMILES string of the molecule is COC(=O)[C@H]1CN(C(=O)CN2CCN(Cc3cc(C)ccc3OC)CC2)CCS1. The molecule has 2 aliphatic rings. The number of carbonyl (C=O) groups is 2. The highest BCUT2D eigenvalue weighted by molar-refractivity contribution is 8.00. The van der Waals surface area contributed by atoms with Crippen LogP contribution in [0.2, 0.25) is 0 Å². The molecule has 2 aliphatic heterocycles. The fourth-order valence-corrected chi connectivity index (χ4v) is 4.95. The van der Waals surface area contributed by atoms with Crippen molar-refractivity contribution in [1.29, 1.82) is 0 Å². The number of hydrogen-bond donors (Lipinski definition) is 0. The summed E-state index contributed by atoms with van der Waals surface area (Å²) in [4.78, 5) is 30.9. The van der Waals surface area contributed by atoms with Crippen LogP contribution in [0, 0.1) is 6.92 Å². The Morgan fingerprint density at radius 1 is 1.10 bits per heavy atom. The smallest absolute Gasteiger partial charge is 0.320 e. The number of rotatable bonds is 6. The zero-order valence-electron chi connectivity index (χ0n) is 17.6. The molecule has 0 radical (unpaired) electrons. The van der Waals surface area contributed by atoms with Crippen molar-refractivity contribution in [3.8, 4) is 5.75 Å². The van der Waals surface area contributed by atoms with Gasteiger partial charge in [0.05, 0.1) is 20.8 Å². The molecule has 1 aromatic carbocycles. The van der Waals surface area contributed by atoms with Crippen LogP contribution in [0.15, 0.2) is 18.2 Å². The van der Waals surface area contributed by atoms with Crippen molar-refractivity contribution in [3.63, 3.8) is 0 Å². The topological polar surface area (TPSA) is 62.3 Å². The van der Waals surface area contributed by atoms with Crippen molar-refractivity contribution in [2.75, 3.05) is 65.8 Å². The number of carbonyl (C=O) groups excluding carboxylic acids is 2. The molecule has 1 aromatic rings. The lowest BCUT2D eigenvalue weighted by Crippen LogP contribution is -2.52. The van der Waals surface area contributed by atoms with E-state index in [2.05, 4.69) is 28.9 Å². The minimum atomic E-state index is -0.265. The zero-order chi connectivity index (χ0) is 20.8. The summed E-state index contributed by atoms with van der Waals surface area (Å²) in [5.74, 6) is 1.56. The summed E-state index contributed by atoms with van der Waals surface area (Å²) in [5, 5.41) is -0.265. The second-order valence-electron chi connectivity index (χ2n) is 7.59. The highest BCUT2D eigenvalue weighted by Gasteiger charge is 2.30. The van der Waals surface area contributed by atoms with E-state index in [1.165, 1.54) is 18.2 Å². The highest BCUT2D eigenvalue weighted by Crippen LogP contribution is 2.22. The molecule has 2 fully saturated rings. The van der Waals surface area contributed by atoms with Crippen molar-refractivity contribution in [1.82, 2.24) is 14.7 Å². The van der Waals surface area contributed by atoms with Crippen LogP contribution in [0.1, 0.15) is 11.1 Å². The molecule has 1 atom stereocenters. The number of benzene rings is 1. The molecule has 0 N–H and O–H groups in total. The van der Waals surface area contributed by atoms with Crippen molar-refractivity contribution in [2.45, 2.75) is 18.7 Å². The molecular formula is C21H31N3O4S. The lowest BCUT2D eigenvalue weighted by molar-refractivity contribution is -0.141. The lowest BCUT2D eigenvalue weighted by atomic mass is 10.1. The molecule has 0 unspecified atom stereocenters. The Labute approximate surface area is 177 Å². The van der Waals surface area contributed by atoms with Gasteiger partial charge in [-0.05, 0) is 13.0 Å². The Balaban J connectivity index is 1.47. The molecule has 0 spiro atoms. The van der Waals surface area contributed by atoms with E-state index in [0.29, 0.717) is 19.6 Å². The van der Waals surface area contributed by atoms with E-state index >= 15 is 0 Å². The summed E-state index contributed by atoms with van der Waals surface area (Å²) in [6, 6.07) is 6.27. The maximum atomic E-state index is 12.7. The first-order valence-electron chi connectivity index (χ1n) is 10.1. The number of nitrogens with zero attached hydrogens (tertiary/aromatic N) is 3. The van der Waals surface area contributed by atoms with Crippen molar-refractivity contribution in [3.05, 3.63) is 29.3 Å². The van der Waals surface area contributed by atoms with E-state index in [1.807, 2.05) is 11.0 Å². The molecule has 1 amide bonds. The number of amides is 1. The summed E-state index contributed by atoms with van der Waals surface area (Å²) in [5.41, 5.74) is 2.44. The maximum Gasteiger partial charge on any atom is 0.320 e. The number of ether oxygens (including phenoxy) is 2. The Hall–Kier alpha value is -1.77. The summed E-state index contributed by atoms with van der Waals surface area (Å²) < 4.78 is 10.3. The van der Waals surface area contributed by atoms with Gasteiger partial charge in [-0.3, -0.25) is 19.4 Å². The predicted molar refractivity (Wildman–Crippen MR) is 114 cm³/mol. The van der Waals surface area contributed by atoms with Gasteiger partial charge in [0.1, 0.15) is 11.0 Å². The van der Waals surface area contributed by atoms with Crippen LogP contribution in [0.5, 0.6) is 5.75 Å². The number of piperazine rings is 1. The molecule has 0 bridgehead atoms. The summed E-state index contributed by atoms with van der Waals surface area (Å²) in [6.07, 6.45) is 0. The number of methoxy groups -OCH3 is 2. The second-order valence-corrected chi connectivity index (χ2v) is 8.90. The van der Waals surface area contributed by atoms with E-state index in [-0.39, 0.29) is 17.1 Å². The van der Waals surface area contributed by atoms with Crippen LogP contribution in [0.25, 0.3) is 0 Å². The molecule has 160 valence electrons. The first-order chi connectivity index (χ1) is 14.0. The predicted octanol–water partition coefficient (Wildman–Crippen LogP) is 1.24. The van der Waals surface area contributed by atoms with Gasteiger partial charge in [0.25, 0.3) is 0 Å². The molecule has 3 rings (SSSR count). The van der Waals surface area contributed by atoms with E-state index in [9.17, 15) is 9.59 Å². The zero-order valence-corrected chi connectivity index (χ0v) is 18.4. The van der Waals surface area contributed by atoms with Gasteiger partial charge >= 0.3 is 5.97 Å². The molecular weight excluding hydrogens is 390 g/mol. The third-order valence-electron chi connectivity index (χ3n) is 5.54. The highest BCUT2D eigenvalue weighted by atomic mass is 32.2. The van der Waals surface area contributed by atoms with Crippen LogP contribution in [-0.2, 0) is 20.9 Å². The third-order valence-corrected chi connectivity index (χ3v) is 6.70. The average molecular weight is 422 g/mol. The fourth-order valence-electron chi connectivity index (χ4n) is 3.82. The fraction of sp³-hybridized carbons (Fsp3) is 0.619. The molecule has 2 heterocycles. The molecule has 29 heavy (non-hydrogen) atoms. The van der Waals surface area contributed by atoms with E-state index in [0.717, 1.165) is 44.2 Å². The van der Waals surface area contributed by atoms with E-state index in [1.54, 1.807) is 18.9 Å². The van der Waals surface area contributed by atoms with Gasteiger partial charge in [0.15, 0.2) is 0 Å². The van der Waals surface area contributed by atoms with E-state index in [4.69, 9.17) is 9.47 Å². The van der Waals surface area contributed by atoms with Crippen LogP contribution in [-0.4, -0.2) is 97.6 Å². The van der Waals surface area contributed by atoms with Crippen molar-refractivity contribution < 1.29 is 19.1 Å². The summed E-state index contributed by atoms with van der Waals surface area (Å²) in [7, 11) is 3.11. The van der Waals surface area contributed by atoms with Crippen molar-refractivity contribution in [2.24, 2.45) is 0 Å². The van der Waals surface area contributed by atoms with Gasteiger partial charge in [0, 0.05) is 57.1 Å². The Morgan fingerprint density at radius 3 is 2.52 bits per heavy atom.